The summed E-state index contributed by atoms with van der Waals surface area (Å²) >= 11 is 0. The quantitative estimate of drug-likeness (QED) is 0.837. The van der Waals surface area contributed by atoms with Crippen LogP contribution >= 0.6 is 0 Å². The number of nitrogens with zero attached hydrogens (tertiary/aromatic N) is 6. The summed E-state index contributed by atoms with van der Waals surface area (Å²) < 4.78 is 1.48. The topological polar surface area (TPSA) is 114 Å². The summed E-state index contributed by atoms with van der Waals surface area (Å²) in [6.45, 7) is 4.03. The lowest BCUT2D eigenvalue weighted by Gasteiger charge is -2.20. The molecule has 1 fully saturated rings. The normalized spacial score (nSPS) is 18.2. The molecule has 0 aliphatic heterocycles. The van der Waals surface area contributed by atoms with E-state index in [0.29, 0.717) is 11.9 Å². The molecule has 130 valence electrons. The Labute approximate surface area is 140 Å². The van der Waals surface area contributed by atoms with Crippen molar-refractivity contribution in [3.05, 3.63) is 12.2 Å². The van der Waals surface area contributed by atoms with E-state index < -0.39 is 6.04 Å². The Bertz CT molecular complexity index is 646. The van der Waals surface area contributed by atoms with Gasteiger partial charge in [-0.05, 0) is 29.2 Å². The van der Waals surface area contributed by atoms with Crippen LogP contribution in [0.15, 0.2) is 6.33 Å². The molecule has 1 aliphatic rings. The maximum absolute atomic E-state index is 12.7. The van der Waals surface area contributed by atoms with E-state index in [0.717, 1.165) is 25.1 Å². The van der Waals surface area contributed by atoms with E-state index in [1.54, 1.807) is 0 Å². The highest BCUT2D eigenvalue weighted by molar-refractivity contribution is 5.92. The fourth-order valence-electron chi connectivity index (χ4n) is 3.23. The molecule has 24 heavy (non-hydrogen) atoms. The molecule has 0 spiro atoms. The lowest BCUT2D eigenvalue weighted by Crippen LogP contribution is -2.31. The van der Waals surface area contributed by atoms with E-state index in [1.165, 1.54) is 30.3 Å². The second-order valence-corrected chi connectivity index (χ2v) is 6.49. The molecule has 0 bridgehead atoms. The molecule has 0 aromatic carbocycles. The van der Waals surface area contributed by atoms with E-state index >= 15 is 0 Å². The predicted octanol–water partition coefficient (Wildman–Crippen LogP) is 2.06. The van der Waals surface area contributed by atoms with Crippen molar-refractivity contribution in [2.75, 3.05) is 5.32 Å². The van der Waals surface area contributed by atoms with E-state index in [2.05, 4.69) is 36.0 Å². The number of carbonyl (C=O) groups is 1. The molecule has 2 atom stereocenters. The first-order chi connectivity index (χ1) is 11.7. The Morgan fingerprint density at radius 3 is 2.88 bits per heavy atom. The number of nitrogens with one attached hydrogen (secondary N) is 2. The van der Waals surface area contributed by atoms with Crippen molar-refractivity contribution in [1.82, 2.24) is 35.4 Å². The summed E-state index contributed by atoms with van der Waals surface area (Å²) in [5.41, 5.74) is 0. The van der Waals surface area contributed by atoms with Gasteiger partial charge < -0.3 is 0 Å². The molecule has 0 radical (unpaired) electrons. The summed E-state index contributed by atoms with van der Waals surface area (Å²) in [6.07, 6.45) is 8.29. The zero-order valence-corrected chi connectivity index (χ0v) is 14.1. The van der Waals surface area contributed by atoms with E-state index in [9.17, 15) is 4.79 Å². The molecule has 3 rings (SSSR count). The zero-order valence-electron chi connectivity index (χ0n) is 14.1. The van der Waals surface area contributed by atoms with Gasteiger partial charge in [-0.25, -0.2) is 4.68 Å². The van der Waals surface area contributed by atoms with Gasteiger partial charge in [0.15, 0.2) is 0 Å². The van der Waals surface area contributed by atoms with E-state index in [-0.39, 0.29) is 11.8 Å². The van der Waals surface area contributed by atoms with Crippen LogP contribution in [0.4, 0.5) is 5.95 Å². The lowest BCUT2D eigenvalue weighted by atomic mass is 9.89. The highest BCUT2D eigenvalue weighted by atomic mass is 16.2. The monoisotopic (exact) mass is 332 g/mol. The first-order valence-electron chi connectivity index (χ1n) is 8.64. The highest BCUT2D eigenvalue weighted by Gasteiger charge is 2.28. The van der Waals surface area contributed by atoms with Crippen LogP contribution in [0.1, 0.15) is 70.2 Å². The van der Waals surface area contributed by atoms with Crippen LogP contribution in [-0.4, -0.2) is 41.3 Å². The SMILES string of the molecule is CC[C@H](C)[C@@H](C(=O)Nc1n[nH]c(C2CCCCC2)n1)n1cnnn1. The van der Waals surface area contributed by atoms with Crippen LogP contribution in [0.2, 0.25) is 0 Å². The highest BCUT2D eigenvalue weighted by Crippen LogP contribution is 2.31. The van der Waals surface area contributed by atoms with Crippen LogP contribution in [0.3, 0.4) is 0 Å². The predicted molar refractivity (Wildman–Crippen MR) is 87.1 cm³/mol. The van der Waals surface area contributed by atoms with Crippen molar-refractivity contribution in [1.29, 1.82) is 0 Å². The first-order valence-corrected chi connectivity index (χ1v) is 8.64. The molecule has 2 heterocycles. The fraction of sp³-hybridized carbons (Fsp3) is 0.733. The van der Waals surface area contributed by atoms with Gasteiger partial charge in [0.05, 0.1) is 0 Å². The Hall–Kier alpha value is -2.32. The number of hydrogen-bond donors (Lipinski definition) is 2. The van der Waals surface area contributed by atoms with Crippen molar-refractivity contribution >= 4 is 11.9 Å². The van der Waals surface area contributed by atoms with Gasteiger partial charge in [-0.2, -0.15) is 4.98 Å². The van der Waals surface area contributed by atoms with Crippen LogP contribution < -0.4 is 5.32 Å². The van der Waals surface area contributed by atoms with Gasteiger partial charge in [0.1, 0.15) is 18.2 Å². The van der Waals surface area contributed by atoms with Crippen LogP contribution in [0, 0.1) is 5.92 Å². The Kier molecular flexibility index (Phi) is 5.17. The molecule has 1 saturated carbocycles. The molecule has 1 amide bonds. The number of aromatic amines is 1. The molecule has 0 unspecified atom stereocenters. The Morgan fingerprint density at radius 1 is 1.42 bits per heavy atom. The number of anilines is 1. The molecule has 9 heteroatoms. The molecule has 0 saturated heterocycles. The molecular weight excluding hydrogens is 308 g/mol. The van der Waals surface area contributed by atoms with Gasteiger partial charge >= 0.3 is 0 Å². The van der Waals surface area contributed by atoms with Crippen LogP contribution in [0.5, 0.6) is 0 Å². The van der Waals surface area contributed by atoms with Crippen molar-refractivity contribution in [2.45, 2.75) is 64.3 Å². The number of hydrogen-bond acceptors (Lipinski definition) is 6. The molecular formula is C15H24N8O. The molecule has 2 aromatic rings. The third-order valence-corrected chi connectivity index (χ3v) is 4.83. The summed E-state index contributed by atoms with van der Waals surface area (Å²) in [6, 6.07) is -0.485. The number of aromatic nitrogens is 7. The average Bonchev–Trinajstić information content (AvgIpc) is 3.28. The minimum atomic E-state index is -0.485. The van der Waals surface area contributed by atoms with Gasteiger partial charge in [-0.15, -0.1) is 10.2 Å². The minimum Gasteiger partial charge on any atom is -0.291 e. The van der Waals surface area contributed by atoms with Gasteiger partial charge in [0, 0.05) is 5.92 Å². The first kappa shape index (κ1) is 16.5. The van der Waals surface area contributed by atoms with Crippen molar-refractivity contribution < 1.29 is 4.79 Å². The van der Waals surface area contributed by atoms with Crippen molar-refractivity contribution in [3.8, 4) is 0 Å². The molecule has 1 aliphatic carbocycles. The van der Waals surface area contributed by atoms with Gasteiger partial charge in [0.25, 0.3) is 5.91 Å². The molecule has 9 nitrogen and oxygen atoms in total. The second-order valence-electron chi connectivity index (χ2n) is 6.49. The number of rotatable bonds is 6. The molecule has 2 aromatic heterocycles. The Balaban J connectivity index is 1.70. The number of amides is 1. The van der Waals surface area contributed by atoms with Gasteiger partial charge in [0.2, 0.25) is 5.95 Å². The summed E-state index contributed by atoms with van der Waals surface area (Å²) in [4.78, 5) is 17.1. The largest absolute Gasteiger partial charge is 0.291 e. The number of tetrazole rings is 1. The average molecular weight is 332 g/mol. The minimum absolute atomic E-state index is 0.0882. The second kappa shape index (κ2) is 7.50. The summed E-state index contributed by atoms with van der Waals surface area (Å²) in [5, 5.41) is 21.1. The smallest absolute Gasteiger partial charge is 0.252 e. The molecule has 2 N–H and O–H groups in total. The van der Waals surface area contributed by atoms with Crippen molar-refractivity contribution in [2.24, 2.45) is 5.92 Å². The van der Waals surface area contributed by atoms with E-state index in [1.807, 2.05) is 13.8 Å². The summed E-state index contributed by atoms with van der Waals surface area (Å²) in [5.74, 6) is 1.49. The Morgan fingerprint density at radius 2 is 2.21 bits per heavy atom. The fourth-order valence-corrected chi connectivity index (χ4v) is 3.23. The standard InChI is InChI=1S/C15H24N8O/c1-3-10(2)12(23-9-16-21-22-23)14(24)18-15-17-13(19-20-15)11-7-5-4-6-8-11/h9-12H,3-8H2,1-2H3,(H2,17,18,19,20,24)/t10-,12-/m0/s1. The number of H-pyrrole nitrogens is 1. The third kappa shape index (κ3) is 3.60. The van der Waals surface area contributed by atoms with Gasteiger partial charge in [-0.1, -0.05) is 39.5 Å². The zero-order chi connectivity index (χ0) is 16.9. The maximum Gasteiger partial charge on any atom is 0.252 e. The number of carbonyl (C=O) groups excluding carboxylic acids is 1. The maximum atomic E-state index is 12.7. The van der Waals surface area contributed by atoms with Gasteiger partial charge in [-0.3, -0.25) is 15.2 Å². The third-order valence-electron chi connectivity index (χ3n) is 4.83. The lowest BCUT2D eigenvalue weighted by molar-refractivity contribution is -0.121. The van der Waals surface area contributed by atoms with E-state index in [4.69, 9.17) is 0 Å². The van der Waals surface area contributed by atoms with Crippen molar-refractivity contribution in [3.63, 3.8) is 0 Å². The summed E-state index contributed by atoms with van der Waals surface area (Å²) in [7, 11) is 0. The van der Waals surface area contributed by atoms with Crippen LogP contribution in [0.25, 0.3) is 0 Å². The van der Waals surface area contributed by atoms with Crippen LogP contribution in [-0.2, 0) is 4.79 Å².